The molecule has 10 aromatic carbocycles. The van der Waals surface area contributed by atoms with Crippen molar-refractivity contribution < 1.29 is 8.83 Å². The van der Waals surface area contributed by atoms with Gasteiger partial charge in [0.25, 0.3) is 0 Å². The summed E-state index contributed by atoms with van der Waals surface area (Å²) in [6, 6.07) is 80.6. The minimum Gasteiger partial charge on any atom is -0.456 e. The smallest absolute Gasteiger partial charge is 0.164 e. The number of para-hydroxylation sites is 3. The highest BCUT2D eigenvalue weighted by Crippen LogP contribution is 2.42. The van der Waals surface area contributed by atoms with Gasteiger partial charge in [0.05, 0.1) is 11.0 Å². The second-order valence-electron chi connectivity index (χ2n) is 17.5. The van der Waals surface area contributed by atoms with Gasteiger partial charge in [-0.25, -0.2) is 15.0 Å². The van der Waals surface area contributed by atoms with E-state index in [0.29, 0.717) is 17.5 Å². The second-order valence-corrected chi connectivity index (χ2v) is 17.5. The molecule has 0 atom stereocenters. The molecule has 0 fully saturated rings. The van der Waals surface area contributed by atoms with Crippen molar-refractivity contribution in [3.8, 4) is 73.2 Å². The summed E-state index contributed by atoms with van der Waals surface area (Å²) in [6.45, 7) is 0. The monoisotopic (exact) mass is 882 g/mol. The van der Waals surface area contributed by atoms with E-state index in [2.05, 4.69) is 150 Å². The van der Waals surface area contributed by atoms with Crippen LogP contribution in [-0.2, 0) is 0 Å². The van der Waals surface area contributed by atoms with Crippen LogP contribution in [0.25, 0.3) is 139 Å². The normalized spacial score (nSPS) is 11.8. The summed E-state index contributed by atoms with van der Waals surface area (Å²) in [6.07, 6.45) is 0. The minimum absolute atomic E-state index is 0.587. The van der Waals surface area contributed by atoms with Gasteiger partial charge in [0.1, 0.15) is 22.3 Å². The molecule has 14 aromatic rings. The first-order valence-electron chi connectivity index (χ1n) is 23.2. The summed E-state index contributed by atoms with van der Waals surface area (Å²) in [7, 11) is 0. The molecule has 0 unspecified atom stereocenters. The Morgan fingerprint density at radius 3 is 1.49 bits per heavy atom. The number of hydrogen-bond acceptors (Lipinski definition) is 5. The van der Waals surface area contributed by atoms with Gasteiger partial charge < -0.3 is 13.4 Å². The molecule has 0 N–H and O–H groups in total. The average molecular weight is 883 g/mol. The van der Waals surface area contributed by atoms with E-state index in [9.17, 15) is 0 Å². The lowest BCUT2D eigenvalue weighted by atomic mass is 9.96. The van der Waals surface area contributed by atoms with Gasteiger partial charge in [-0.1, -0.05) is 164 Å². The van der Waals surface area contributed by atoms with Gasteiger partial charge in [-0.2, -0.15) is 0 Å². The van der Waals surface area contributed by atoms with E-state index in [-0.39, 0.29) is 0 Å². The highest BCUT2D eigenvalue weighted by molar-refractivity contribution is 6.15. The third kappa shape index (κ3) is 6.45. The van der Waals surface area contributed by atoms with Crippen molar-refractivity contribution in [2.45, 2.75) is 0 Å². The van der Waals surface area contributed by atoms with Crippen LogP contribution < -0.4 is 0 Å². The molecule has 6 heteroatoms. The van der Waals surface area contributed by atoms with E-state index in [0.717, 1.165) is 111 Å². The summed E-state index contributed by atoms with van der Waals surface area (Å²) in [5.41, 5.74) is 16.1. The first-order chi connectivity index (χ1) is 34.2. The van der Waals surface area contributed by atoms with Crippen molar-refractivity contribution in [1.82, 2.24) is 19.5 Å². The van der Waals surface area contributed by atoms with E-state index in [1.807, 2.05) is 84.9 Å². The standard InChI is InChI=1S/C63H38N4O2/c1-4-15-39(16-5-1)61-64-62(40-17-6-2-7-18-40)66-63(65-61)50-26-14-28-58-59(50)53-38-44(31-34-57(53)68-58)43-30-33-55-52(37-43)51-36-42(29-32-54(51)67(55)46-21-8-3-9-22-46)41-19-12-20-45(35-41)47-24-13-25-49-48-23-10-11-27-56(48)69-60(47)49/h1-38H. The number of rotatable bonds is 7. The van der Waals surface area contributed by atoms with Crippen molar-refractivity contribution in [1.29, 1.82) is 0 Å². The second kappa shape index (κ2) is 15.6. The SMILES string of the molecule is c1ccc(-c2nc(-c3ccccc3)nc(-c3cccc4oc5ccc(-c6ccc7c(c6)c6cc(-c8cccc(-c9cccc%10c9oc9ccccc9%10)c8)ccc6n7-c6ccccc6)cc5c34)n2)cc1. The number of aromatic nitrogens is 4. The highest BCUT2D eigenvalue weighted by Gasteiger charge is 2.20. The molecule has 0 amide bonds. The van der Waals surface area contributed by atoms with Gasteiger partial charge in [-0.3, -0.25) is 0 Å². The molecule has 4 aromatic heterocycles. The van der Waals surface area contributed by atoms with Gasteiger partial charge in [0, 0.05) is 60.3 Å². The minimum atomic E-state index is 0.587. The number of furan rings is 2. The Balaban J connectivity index is 0.916. The quantitative estimate of drug-likeness (QED) is 0.159. The molecule has 0 aliphatic carbocycles. The van der Waals surface area contributed by atoms with Crippen LogP contribution in [0, 0.1) is 0 Å². The molecule has 0 bridgehead atoms. The molecule has 0 spiro atoms. The molecule has 14 rings (SSSR count). The van der Waals surface area contributed by atoms with Crippen LogP contribution in [0.4, 0.5) is 0 Å². The fourth-order valence-corrected chi connectivity index (χ4v) is 10.2. The molecular weight excluding hydrogens is 845 g/mol. The number of benzene rings is 10. The Hall–Kier alpha value is -9.39. The van der Waals surface area contributed by atoms with E-state index in [4.69, 9.17) is 23.8 Å². The van der Waals surface area contributed by atoms with Crippen molar-refractivity contribution in [2.75, 3.05) is 0 Å². The van der Waals surface area contributed by atoms with E-state index in [1.165, 1.54) is 10.8 Å². The highest BCUT2D eigenvalue weighted by atomic mass is 16.3. The molecule has 4 heterocycles. The maximum atomic E-state index is 6.56. The van der Waals surface area contributed by atoms with E-state index in [1.54, 1.807) is 0 Å². The first kappa shape index (κ1) is 38.8. The van der Waals surface area contributed by atoms with E-state index >= 15 is 0 Å². The maximum absolute atomic E-state index is 6.56. The fourth-order valence-electron chi connectivity index (χ4n) is 10.2. The predicted molar refractivity (Wildman–Crippen MR) is 281 cm³/mol. The van der Waals surface area contributed by atoms with Crippen LogP contribution >= 0.6 is 0 Å². The molecule has 0 radical (unpaired) electrons. The molecule has 0 aliphatic heterocycles. The third-order valence-corrected chi connectivity index (χ3v) is 13.5. The Morgan fingerprint density at radius 1 is 0.290 bits per heavy atom. The number of hydrogen-bond donors (Lipinski definition) is 0. The lowest BCUT2D eigenvalue weighted by molar-refractivity contribution is 0.669. The van der Waals surface area contributed by atoms with Gasteiger partial charge in [0.2, 0.25) is 0 Å². The summed E-state index contributed by atoms with van der Waals surface area (Å²) >= 11 is 0. The molecular formula is C63H38N4O2. The number of nitrogens with zero attached hydrogens (tertiary/aromatic N) is 4. The lowest BCUT2D eigenvalue weighted by Gasteiger charge is -2.09. The largest absolute Gasteiger partial charge is 0.456 e. The maximum Gasteiger partial charge on any atom is 0.164 e. The van der Waals surface area contributed by atoms with Crippen molar-refractivity contribution in [2.24, 2.45) is 0 Å². The van der Waals surface area contributed by atoms with Gasteiger partial charge >= 0.3 is 0 Å². The van der Waals surface area contributed by atoms with Gasteiger partial charge in [0.15, 0.2) is 17.5 Å². The van der Waals surface area contributed by atoms with E-state index < -0.39 is 0 Å². The zero-order chi connectivity index (χ0) is 45.4. The molecule has 0 saturated heterocycles. The van der Waals surface area contributed by atoms with Crippen LogP contribution in [0.1, 0.15) is 0 Å². The predicted octanol–water partition coefficient (Wildman–Crippen LogP) is 16.8. The Kier molecular flexibility index (Phi) is 8.79. The summed E-state index contributed by atoms with van der Waals surface area (Å²) in [5, 5.41) is 6.55. The topological polar surface area (TPSA) is 69.9 Å². The van der Waals surface area contributed by atoms with Crippen molar-refractivity contribution in [3.63, 3.8) is 0 Å². The fraction of sp³-hybridized carbons (Fsp3) is 0. The van der Waals surface area contributed by atoms with Crippen LogP contribution in [0.15, 0.2) is 239 Å². The summed E-state index contributed by atoms with van der Waals surface area (Å²) in [5.74, 6) is 1.82. The summed E-state index contributed by atoms with van der Waals surface area (Å²) in [4.78, 5) is 15.2. The van der Waals surface area contributed by atoms with Crippen molar-refractivity contribution >= 4 is 65.7 Å². The first-order valence-corrected chi connectivity index (χ1v) is 23.2. The molecule has 6 nitrogen and oxygen atoms in total. The zero-order valence-corrected chi connectivity index (χ0v) is 37.0. The third-order valence-electron chi connectivity index (χ3n) is 13.5. The lowest BCUT2D eigenvalue weighted by Crippen LogP contribution is -2.00. The van der Waals surface area contributed by atoms with Crippen molar-refractivity contribution in [3.05, 3.63) is 231 Å². The molecule has 322 valence electrons. The average Bonchev–Trinajstić information content (AvgIpc) is 4.10. The van der Waals surface area contributed by atoms with Crippen LogP contribution in [-0.4, -0.2) is 19.5 Å². The molecule has 0 aliphatic rings. The van der Waals surface area contributed by atoms with Gasteiger partial charge in [-0.15, -0.1) is 0 Å². The van der Waals surface area contributed by atoms with Crippen LogP contribution in [0.5, 0.6) is 0 Å². The van der Waals surface area contributed by atoms with Crippen LogP contribution in [0.3, 0.4) is 0 Å². The van der Waals surface area contributed by atoms with Gasteiger partial charge in [-0.05, 0) is 94.5 Å². The summed E-state index contributed by atoms with van der Waals surface area (Å²) < 4.78 is 15.4. The Bertz CT molecular complexity index is 4250. The number of fused-ring (bicyclic) bond motifs is 9. The Labute approximate surface area is 396 Å². The molecule has 69 heavy (non-hydrogen) atoms. The molecule has 0 saturated carbocycles. The van der Waals surface area contributed by atoms with Crippen LogP contribution in [0.2, 0.25) is 0 Å². The zero-order valence-electron chi connectivity index (χ0n) is 37.0. The Morgan fingerprint density at radius 2 is 0.783 bits per heavy atom.